The van der Waals surface area contributed by atoms with E-state index in [9.17, 15) is 9.59 Å². The van der Waals surface area contributed by atoms with Crippen LogP contribution in [0.4, 0.5) is 0 Å². The van der Waals surface area contributed by atoms with Crippen molar-refractivity contribution in [2.24, 2.45) is 18.2 Å². The van der Waals surface area contributed by atoms with Gasteiger partial charge in [0.05, 0.1) is 6.20 Å². The molecule has 1 rings (SSSR count). The van der Waals surface area contributed by atoms with Crippen LogP contribution in [0.25, 0.3) is 0 Å². The van der Waals surface area contributed by atoms with Gasteiger partial charge in [-0.05, 0) is 25.3 Å². The Hall–Kier alpha value is -1.85. The van der Waals surface area contributed by atoms with Crippen molar-refractivity contribution < 1.29 is 14.7 Å². The zero-order chi connectivity index (χ0) is 12.3. The molecule has 0 saturated carbocycles. The van der Waals surface area contributed by atoms with Crippen LogP contribution >= 0.6 is 0 Å². The molecule has 0 spiro atoms. The Labute approximate surface area is 93.1 Å². The van der Waals surface area contributed by atoms with Crippen LogP contribution in [0.15, 0.2) is 12.4 Å². The van der Waals surface area contributed by atoms with Crippen molar-refractivity contribution in [3.8, 4) is 0 Å². The average molecular weight is 225 g/mol. The highest BCUT2D eigenvalue weighted by atomic mass is 16.4. The number of nitrogens with zero attached hydrogens (tertiary/aromatic N) is 2. The molecule has 1 atom stereocenters. The predicted molar refractivity (Wildman–Crippen MR) is 56.5 cm³/mol. The van der Waals surface area contributed by atoms with Crippen LogP contribution in [-0.2, 0) is 23.1 Å². The number of aryl methyl sites for hydroxylation is 2. The minimum atomic E-state index is -1.52. The number of rotatable bonds is 5. The summed E-state index contributed by atoms with van der Waals surface area (Å²) in [7, 11) is 1.77. The number of aliphatic carboxylic acids is 1. The molecule has 6 nitrogen and oxygen atoms in total. The molecular formula is C10H15N3O3. The topological polar surface area (TPSA) is 98.2 Å². The molecule has 0 aliphatic rings. The van der Waals surface area contributed by atoms with Crippen LogP contribution in [0.1, 0.15) is 18.9 Å². The summed E-state index contributed by atoms with van der Waals surface area (Å²) in [5, 5.41) is 12.9. The summed E-state index contributed by atoms with van der Waals surface area (Å²) >= 11 is 0. The maximum atomic E-state index is 11.1. The summed E-state index contributed by atoms with van der Waals surface area (Å²) in [6, 6.07) is 0. The zero-order valence-corrected chi connectivity index (χ0v) is 9.30. The van der Waals surface area contributed by atoms with E-state index >= 15 is 0 Å². The molecule has 88 valence electrons. The Bertz CT molecular complexity index is 397. The minimum absolute atomic E-state index is 0.170. The number of carboxylic acids is 1. The molecule has 1 amide bonds. The largest absolute Gasteiger partial charge is 0.480 e. The summed E-state index contributed by atoms with van der Waals surface area (Å²) < 4.78 is 1.62. The first kappa shape index (κ1) is 12.2. The molecule has 0 fully saturated rings. The monoisotopic (exact) mass is 225 g/mol. The minimum Gasteiger partial charge on any atom is -0.480 e. The lowest BCUT2D eigenvalue weighted by atomic mass is 9.84. The van der Waals surface area contributed by atoms with E-state index in [1.54, 1.807) is 24.1 Å². The van der Waals surface area contributed by atoms with Crippen molar-refractivity contribution >= 4 is 11.9 Å². The molecule has 1 unspecified atom stereocenters. The Morgan fingerprint density at radius 3 is 2.62 bits per heavy atom. The van der Waals surface area contributed by atoms with Gasteiger partial charge < -0.3 is 10.8 Å². The van der Waals surface area contributed by atoms with Crippen LogP contribution in [0.3, 0.4) is 0 Å². The second-order valence-electron chi connectivity index (χ2n) is 4.02. The van der Waals surface area contributed by atoms with Gasteiger partial charge >= 0.3 is 5.97 Å². The second kappa shape index (κ2) is 4.34. The molecule has 0 aliphatic heterocycles. The third-order valence-corrected chi connectivity index (χ3v) is 2.69. The highest BCUT2D eigenvalue weighted by molar-refractivity contribution is 6.00. The second-order valence-corrected chi connectivity index (χ2v) is 4.02. The van der Waals surface area contributed by atoms with Gasteiger partial charge in [0.1, 0.15) is 5.41 Å². The maximum Gasteiger partial charge on any atom is 0.318 e. The van der Waals surface area contributed by atoms with Crippen molar-refractivity contribution in [2.75, 3.05) is 0 Å². The Kier molecular flexibility index (Phi) is 3.31. The zero-order valence-electron chi connectivity index (χ0n) is 9.30. The SMILES string of the molecule is Cn1cc(CCC(C)(C(N)=O)C(=O)O)cn1. The number of aromatic nitrogens is 2. The molecule has 1 aromatic rings. The Morgan fingerprint density at radius 1 is 1.62 bits per heavy atom. The van der Waals surface area contributed by atoms with Crippen LogP contribution in [0, 0.1) is 5.41 Å². The molecule has 3 N–H and O–H groups in total. The molecular weight excluding hydrogens is 210 g/mol. The van der Waals surface area contributed by atoms with Crippen molar-refractivity contribution in [3.05, 3.63) is 18.0 Å². The number of primary amides is 1. The number of amides is 1. The van der Waals surface area contributed by atoms with Gasteiger partial charge in [0.25, 0.3) is 0 Å². The van der Waals surface area contributed by atoms with Gasteiger partial charge in [0.15, 0.2) is 0 Å². The summed E-state index contributed by atoms with van der Waals surface area (Å²) in [6.45, 7) is 1.34. The van der Waals surface area contributed by atoms with Gasteiger partial charge in [-0.15, -0.1) is 0 Å². The molecule has 6 heteroatoms. The molecule has 0 radical (unpaired) electrons. The van der Waals surface area contributed by atoms with E-state index in [1.807, 2.05) is 0 Å². The van der Waals surface area contributed by atoms with E-state index in [-0.39, 0.29) is 6.42 Å². The number of carbonyl (C=O) groups is 2. The van der Waals surface area contributed by atoms with Crippen LogP contribution < -0.4 is 5.73 Å². The van der Waals surface area contributed by atoms with Crippen molar-refractivity contribution in [1.82, 2.24) is 9.78 Å². The number of carboxylic acid groups (broad SMARTS) is 1. The van der Waals surface area contributed by atoms with E-state index in [1.165, 1.54) is 6.92 Å². The predicted octanol–water partition coefficient (Wildman–Crippen LogP) is -0.0711. The van der Waals surface area contributed by atoms with E-state index in [0.29, 0.717) is 6.42 Å². The van der Waals surface area contributed by atoms with Crippen LogP contribution in [0.2, 0.25) is 0 Å². The van der Waals surface area contributed by atoms with Gasteiger partial charge in [-0.25, -0.2) is 0 Å². The van der Waals surface area contributed by atoms with Crippen LogP contribution in [0.5, 0.6) is 0 Å². The molecule has 1 heterocycles. The van der Waals surface area contributed by atoms with Crippen LogP contribution in [-0.4, -0.2) is 26.8 Å². The van der Waals surface area contributed by atoms with Crippen molar-refractivity contribution in [1.29, 1.82) is 0 Å². The fourth-order valence-corrected chi connectivity index (χ4v) is 1.33. The van der Waals surface area contributed by atoms with E-state index in [2.05, 4.69) is 5.10 Å². The van der Waals surface area contributed by atoms with Gasteiger partial charge in [-0.1, -0.05) is 0 Å². The fourth-order valence-electron chi connectivity index (χ4n) is 1.33. The number of carbonyl (C=O) groups excluding carboxylic acids is 1. The Morgan fingerprint density at radius 2 is 2.25 bits per heavy atom. The maximum absolute atomic E-state index is 11.1. The van der Waals surface area contributed by atoms with Gasteiger partial charge in [0, 0.05) is 13.2 Å². The summed E-state index contributed by atoms with van der Waals surface area (Å²) in [6.07, 6.45) is 4.05. The first-order valence-electron chi connectivity index (χ1n) is 4.87. The molecule has 1 aromatic heterocycles. The highest BCUT2D eigenvalue weighted by Crippen LogP contribution is 2.23. The van der Waals surface area contributed by atoms with E-state index in [0.717, 1.165) is 5.56 Å². The number of nitrogens with two attached hydrogens (primary N) is 1. The third kappa shape index (κ3) is 2.39. The lowest BCUT2D eigenvalue weighted by Crippen LogP contribution is -2.41. The summed E-state index contributed by atoms with van der Waals surface area (Å²) in [4.78, 5) is 22.1. The number of hydrogen-bond acceptors (Lipinski definition) is 3. The number of hydrogen-bond donors (Lipinski definition) is 2. The normalized spacial score (nSPS) is 14.4. The molecule has 0 saturated heterocycles. The third-order valence-electron chi connectivity index (χ3n) is 2.69. The average Bonchev–Trinajstić information content (AvgIpc) is 2.60. The lowest BCUT2D eigenvalue weighted by Gasteiger charge is -2.19. The van der Waals surface area contributed by atoms with Crippen molar-refractivity contribution in [3.63, 3.8) is 0 Å². The van der Waals surface area contributed by atoms with Crippen molar-refractivity contribution in [2.45, 2.75) is 19.8 Å². The summed E-state index contributed by atoms with van der Waals surface area (Å²) in [5.41, 5.74) is 4.47. The summed E-state index contributed by atoms with van der Waals surface area (Å²) in [5.74, 6) is -2.01. The quantitative estimate of drug-likeness (QED) is 0.685. The van der Waals surface area contributed by atoms with E-state index in [4.69, 9.17) is 10.8 Å². The smallest absolute Gasteiger partial charge is 0.318 e. The molecule has 0 aliphatic carbocycles. The molecule has 0 bridgehead atoms. The Balaban J connectivity index is 2.71. The first-order valence-corrected chi connectivity index (χ1v) is 4.87. The fraction of sp³-hybridized carbons (Fsp3) is 0.500. The lowest BCUT2D eigenvalue weighted by molar-refractivity contribution is -0.153. The highest BCUT2D eigenvalue weighted by Gasteiger charge is 2.39. The van der Waals surface area contributed by atoms with E-state index < -0.39 is 17.3 Å². The van der Waals surface area contributed by atoms with Gasteiger partial charge in [-0.2, -0.15) is 5.10 Å². The van der Waals surface area contributed by atoms with Gasteiger partial charge in [0.2, 0.25) is 5.91 Å². The molecule has 16 heavy (non-hydrogen) atoms. The molecule has 0 aromatic carbocycles. The standard InChI is InChI=1S/C10H15N3O3/c1-10(8(11)14,9(15)16)4-3-7-5-12-13(2)6-7/h5-6H,3-4H2,1-2H3,(H2,11,14)(H,15,16). The first-order chi connectivity index (χ1) is 7.36. The van der Waals surface area contributed by atoms with Gasteiger partial charge in [-0.3, -0.25) is 14.3 Å².